The van der Waals surface area contributed by atoms with Gasteiger partial charge in [0.1, 0.15) is 17.8 Å². The van der Waals surface area contributed by atoms with Crippen LogP contribution < -0.4 is 16.1 Å². The van der Waals surface area contributed by atoms with E-state index >= 15 is 0 Å². The Morgan fingerprint density at radius 3 is 2.39 bits per heavy atom. The number of aromatic nitrogens is 2. The average molecular weight is 509 g/mol. The van der Waals surface area contributed by atoms with Crippen LogP contribution in [0.3, 0.4) is 0 Å². The standard InChI is InChI=1S/C11H17N2O15P3/c14-7-1-3-13(10(16)12-7)9-8(15)11(2-4-24-11)6(26-9)5-25-30(20,21)28-31(22,23)27-29(17,18)19/h1,3,6,8-9,15H,2,4-5H2,(H,20,21)(H,22,23)(H,12,14,16)(H2,17,18,19)/p-1/t6-,8+,9-,11?/m1/s1. The first-order valence-corrected chi connectivity index (χ1v) is 12.7. The van der Waals surface area contributed by atoms with Crippen LogP contribution in [0, 0.1) is 0 Å². The van der Waals surface area contributed by atoms with E-state index in [1.54, 1.807) is 0 Å². The van der Waals surface area contributed by atoms with E-state index in [0.29, 0.717) is 0 Å². The summed E-state index contributed by atoms with van der Waals surface area (Å²) in [6, 6.07) is 0.986. The molecule has 0 aliphatic carbocycles. The molecule has 4 unspecified atom stereocenters. The molecule has 0 aromatic carbocycles. The fraction of sp³-hybridized carbons (Fsp3) is 0.636. The first kappa shape index (κ1) is 24.6. The lowest BCUT2D eigenvalue weighted by molar-refractivity contribution is -0.213. The average Bonchev–Trinajstić information content (AvgIpc) is 2.82. The number of nitrogens with one attached hydrogen (secondary N) is 1. The van der Waals surface area contributed by atoms with Crippen molar-refractivity contribution in [3.05, 3.63) is 33.1 Å². The molecule has 0 saturated carbocycles. The molecule has 1 aromatic rings. The number of H-pyrrole nitrogens is 1. The van der Waals surface area contributed by atoms with Crippen molar-refractivity contribution in [2.45, 2.75) is 30.5 Å². The van der Waals surface area contributed by atoms with Gasteiger partial charge in [-0.15, -0.1) is 0 Å². The summed E-state index contributed by atoms with van der Waals surface area (Å²) in [5, 5.41) is 10.6. The highest BCUT2D eigenvalue weighted by molar-refractivity contribution is 7.66. The lowest BCUT2D eigenvalue weighted by Gasteiger charge is -2.43. The van der Waals surface area contributed by atoms with Gasteiger partial charge in [0.15, 0.2) is 6.23 Å². The van der Waals surface area contributed by atoms with Crippen LogP contribution in [0.25, 0.3) is 0 Å². The van der Waals surface area contributed by atoms with Crippen LogP contribution in [-0.4, -0.2) is 60.4 Å². The fourth-order valence-electron chi connectivity index (χ4n) is 3.10. The van der Waals surface area contributed by atoms with Crippen molar-refractivity contribution in [1.29, 1.82) is 0 Å². The van der Waals surface area contributed by atoms with E-state index in [4.69, 9.17) is 19.3 Å². The molecule has 2 fully saturated rings. The summed E-state index contributed by atoms with van der Waals surface area (Å²) in [7, 11) is -17.0. The van der Waals surface area contributed by atoms with Crippen molar-refractivity contribution in [3.63, 3.8) is 0 Å². The van der Waals surface area contributed by atoms with Crippen LogP contribution in [0.15, 0.2) is 21.9 Å². The third-order valence-electron chi connectivity index (χ3n) is 4.41. The minimum Gasteiger partial charge on any atom is -0.756 e. The Labute approximate surface area is 171 Å². The first-order valence-electron chi connectivity index (χ1n) is 8.20. The van der Waals surface area contributed by atoms with Gasteiger partial charge in [0.25, 0.3) is 13.4 Å². The number of aliphatic hydroxyl groups excluding tert-OH is 1. The summed E-state index contributed by atoms with van der Waals surface area (Å²) in [6.45, 7) is -0.736. The Bertz CT molecular complexity index is 1090. The van der Waals surface area contributed by atoms with E-state index in [0.717, 1.165) is 16.8 Å². The Morgan fingerprint density at radius 1 is 1.23 bits per heavy atom. The van der Waals surface area contributed by atoms with Crippen LogP contribution >= 0.6 is 23.5 Å². The van der Waals surface area contributed by atoms with Gasteiger partial charge in [-0.2, -0.15) is 4.31 Å². The Hall–Kier alpha value is -1.03. The SMILES string of the molecule is O=c1ccn([C@@H]2O[C@H](COP(=O)(O)OP(=O)(O)OP(=O)([O-])O)C3(CCO3)[C@H]2O)c(=O)[nH]1. The number of aromatic amines is 1. The van der Waals surface area contributed by atoms with Gasteiger partial charge in [0, 0.05) is 18.7 Å². The predicted molar refractivity (Wildman–Crippen MR) is 92.1 cm³/mol. The van der Waals surface area contributed by atoms with Crippen molar-refractivity contribution >= 4 is 23.5 Å². The highest BCUT2D eigenvalue weighted by Crippen LogP contribution is 2.65. The topological polar surface area (TPSA) is 256 Å². The molecule has 0 radical (unpaired) electrons. The Kier molecular flexibility index (Phi) is 6.66. The molecule has 2 saturated heterocycles. The maximum atomic E-state index is 12.0. The van der Waals surface area contributed by atoms with Crippen LogP contribution in [0.2, 0.25) is 0 Å². The number of phosphoric acid groups is 3. The minimum absolute atomic E-state index is 0.159. The molecule has 31 heavy (non-hydrogen) atoms. The molecule has 176 valence electrons. The third-order valence-corrected chi connectivity index (χ3v) is 8.19. The van der Waals surface area contributed by atoms with Gasteiger partial charge in [-0.25, -0.2) is 18.2 Å². The summed E-state index contributed by atoms with van der Waals surface area (Å²) < 4.78 is 57.0. The molecular weight excluding hydrogens is 493 g/mol. The van der Waals surface area contributed by atoms with Crippen LogP contribution in [0.5, 0.6) is 0 Å². The van der Waals surface area contributed by atoms with E-state index in [1.165, 1.54) is 0 Å². The number of phosphoric ester groups is 1. The predicted octanol–water partition coefficient (Wildman–Crippen LogP) is -2.33. The van der Waals surface area contributed by atoms with Crippen molar-refractivity contribution in [3.8, 4) is 0 Å². The van der Waals surface area contributed by atoms with Gasteiger partial charge in [0.05, 0.1) is 13.2 Å². The highest BCUT2D eigenvalue weighted by atomic mass is 31.3. The number of aliphatic hydroxyl groups is 1. The molecular formula is C11H16N2O15P3-. The highest BCUT2D eigenvalue weighted by Gasteiger charge is 2.62. The maximum absolute atomic E-state index is 12.0. The van der Waals surface area contributed by atoms with Gasteiger partial charge in [-0.05, 0) is 0 Å². The van der Waals surface area contributed by atoms with Crippen molar-refractivity contribution < 1.29 is 61.0 Å². The molecule has 1 aromatic heterocycles. The molecule has 3 heterocycles. The number of hydrogen-bond donors (Lipinski definition) is 5. The molecule has 0 amide bonds. The van der Waals surface area contributed by atoms with Crippen molar-refractivity contribution in [1.82, 2.24) is 9.55 Å². The van der Waals surface area contributed by atoms with Gasteiger partial charge in [-0.1, -0.05) is 0 Å². The smallest absolute Gasteiger partial charge is 0.487 e. The van der Waals surface area contributed by atoms with Crippen LogP contribution in [0.1, 0.15) is 12.6 Å². The van der Waals surface area contributed by atoms with Crippen LogP contribution in [0.4, 0.5) is 0 Å². The molecule has 17 nitrogen and oxygen atoms in total. The second-order valence-corrected chi connectivity index (χ2v) is 10.8. The molecule has 0 bridgehead atoms. The van der Waals surface area contributed by atoms with E-state index in [1.807, 2.05) is 4.98 Å². The molecule has 2 aliphatic rings. The largest absolute Gasteiger partial charge is 0.756 e. The van der Waals surface area contributed by atoms with Gasteiger partial charge in [-0.3, -0.25) is 23.4 Å². The second-order valence-electron chi connectivity index (χ2n) is 6.40. The summed E-state index contributed by atoms with van der Waals surface area (Å²) in [6.07, 6.45) is -3.00. The molecule has 1 spiro atoms. The van der Waals surface area contributed by atoms with Crippen LogP contribution in [-0.2, 0) is 36.3 Å². The summed E-state index contributed by atoms with van der Waals surface area (Å²) in [4.78, 5) is 62.8. The lowest BCUT2D eigenvalue weighted by atomic mass is 9.85. The van der Waals surface area contributed by atoms with Crippen molar-refractivity contribution in [2.75, 3.05) is 13.2 Å². The zero-order valence-electron chi connectivity index (χ0n) is 15.1. The summed E-state index contributed by atoms with van der Waals surface area (Å²) >= 11 is 0. The number of nitrogens with zero attached hydrogens (tertiary/aromatic N) is 1. The summed E-state index contributed by atoms with van der Waals surface area (Å²) in [5.41, 5.74) is -3.12. The van der Waals surface area contributed by atoms with Gasteiger partial charge < -0.3 is 34.2 Å². The normalized spacial score (nSPS) is 33.9. The molecule has 3 rings (SSSR count). The van der Waals surface area contributed by atoms with E-state index in [2.05, 4.69) is 13.1 Å². The molecule has 5 N–H and O–H groups in total. The number of hydrogen-bond acceptors (Lipinski definition) is 12. The minimum atomic E-state index is -5.80. The van der Waals surface area contributed by atoms with E-state index in [9.17, 15) is 38.2 Å². The molecule has 7 atom stereocenters. The summed E-state index contributed by atoms with van der Waals surface area (Å²) in [5.74, 6) is 0. The third kappa shape index (κ3) is 5.49. The van der Waals surface area contributed by atoms with Crippen molar-refractivity contribution in [2.24, 2.45) is 0 Å². The van der Waals surface area contributed by atoms with E-state index in [-0.39, 0.29) is 13.0 Å². The zero-order chi connectivity index (χ0) is 23.2. The zero-order valence-corrected chi connectivity index (χ0v) is 17.8. The number of ether oxygens (including phenoxy) is 2. The van der Waals surface area contributed by atoms with Gasteiger partial charge in [0.2, 0.25) is 0 Å². The van der Waals surface area contributed by atoms with Gasteiger partial charge >= 0.3 is 21.3 Å². The fourth-order valence-corrected chi connectivity index (χ4v) is 6.09. The quantitative estimate of drug-likeness (QED) is 0.230. The monoisotopic (exact) mass is 509 g/mol. The Morgan fingerprint density at radius 2 is 1.87 bits per heavy atom. The maximum Gasteiger partial charge on any atom is 0.487 e. The second kappa shape index (κ2) is 8.39. The Balaban J connectivity index is 1.74. The molecule has 20 heteroatoms. The molecule has 2 aliphatic heterocycles. The lowest BCUT2D eigenvalue weighted by Crippen LogP contribution is -2.59. The number of rotatable bonds is 8. The first-order chi connectivity index (χ1) is 14.1. The van der Waals surface area contributed by atoms with E-state index < -0.39 is 65.4 Å².